The summed E-state index contributed by atoms with van der Waals surface area (Å²) < 4.78 is 0. The topological polar surface area (TPSA) is 15.3 Å². The maximum Gasteiger partial charge on any atom is 0.0406 e. The van der Waals surface area contributed by atoms with Crippen molar-refractivity contribution in [2.75, 3.05) is 19.6 Å². The van der Waals surface area contributed by atoms with E-state index in [1.807, 2.05) is 0 Å². The highest BCUT2D eigenvalue weighted by Crippen LogP contribution is 2.66. The van der Waals surface area contributed by atoms with Crippen LogP contribution in [0.3, 0.4) is 0 Å². The molecule has 4 bridgehead atoms. The number of nitrogens with zero attached hydrogens (tertiary/aromatic N) is 1. The third-order valence-corrected chi connectivity index (χ3v) is 9.25. The number of benzene rings is 1. The Labute approximate surface area is 176 Å². The molecule has 1 aliphatic heterocycles. The summed E-state index contributed by atoms with van der Waals surface area (Å²) in [7, 11) is 0. The number of piperidine rings is 1. The molecule has 4 saturated carbocycles. The molecule has 0 spiro atoms. The number of rotatable bonds is 5. The van der Waals surface area contributed by atoms with Gasteiger partial charge in [0.25, 0.3) is 0 Å². The molecule has 154 valence electrons. The summed E-state index contributed by atoms with van der Waals surface area (Å²) in [6.45, 7) is 8.57. The third-order valence-electron chi connectivity index (χ3n) is 9.00. The molecule has 2 unspecified atom stereocenters. The molecule has 2 nitrogen and oxygen atoms in total. The van der Waals surface area contributed by atoms with Crippen molar-refractivity contribution < 1.29 is 0 Å². The summed E-state index contributed by atoms with van der Waals surface area (Å²) in [5, 5.41) is 5.02. The fourth-order valence-corrected chi connectivity index (χ4v) is 8.05. The van der Waals surface area contributed by atoms with Gasteiger partial charge in [0.2, 0.25) is 0 Å². The summed E-state index contributed by atoms with van der Waals surface area (Å²) in [4.78, 5) is 2.60. The van der Waals surface area contributed by atoms with Gasteiger partial charge < -0.3 is 10.2 Å². The lowest BCUT2D eigenvalue weighted by Crippen LogP contribution is -2.61. The molecule has 5 aliphatic rings. The van der Waals surface area contributed by atoms with Crippen molar-refractivity contribution in [3.8, 4) is 0 Å². The summed E-state index contributed by atoms with van der Waals surface area (Å²) in [6.07, 6.45) is 11.3. The quantitative estimate of drug-likeness (QED) is 0.687. The molecule has 4 aliphatic carbocycles. The van der Waals surface area contributed by atoms with Gasteiger partial charge in [0.15, 0.2) is 0 Å². The van der Waals surface area contributed by atoms with Crippen LogP contribution in [0.15, 0.2) is 24.3 Å². The van der Waals surface area contributed by atoms with Gasteiger partial charge in [0.05, 0.1) is 0 Å². The van der Waals surface area contributed by atoms with Crippen LogP contribution in [0.2, 0.25) is 5.02 Å². The van der Waals surface area contributed by atoms with Gasteiger partial charge in [-0.15, -0.1) is 0 Å². The van der Waals surface area contributed by atoms with Crippen molar-refractivity contribution in [1.82, 2.24) is 10.2 Å². The smallest absolute Gasteiger partial charge is 0.0406 e. The lowest BCUT2D eigenvalue weighted by Gasteiger charge is -2.64. The molecule has 1 aromatic carbocycles. The van der Waals surface area contributed by atoms with Crippen molar-refractivity contribution in [2.45, 2.75) is 82.7 Å². The van der Waals surface area contributed by atoms with E-state index in [1.165, 1.54) is 71.0 Å². The zero-order valence-electron chi connectivity index (χ0n) is 17.7. The van der Waals surface area contributed by atoms with Crippen LogP contribution in [0.4, 0.5) is 0 Å². The molecule has 6 rings (SSSR count). The third kappa shape index (κ3) is 3.34. The van der Waals surface area contributed by atoms with Crippen molar-refractivity contribution in [3.63, 3.8) is 0 Å². The Morgan fingerprint density at radius 3 is 2.32 bits per heavy atom. The molecule has 0 aromatic heterocycles. The lowest BCUT2D eigenvalue weighted by atomic mass is 9.41. The van der Waals surface area contributed by atoms with E-state index in [1.54, 1.807) is 5.56 Å². The summed E-state index contributed by atoms with van der Waals surface area (Å²) in [5.74, 6) is 1.87. The van der Waals surface area contributed by atoms with Crippen LogP contribution in [0.25, 0.3) is 0 Å². The summed E-state index contributed by atoms with van der Waals surface area (Å²) in [6, 6.07) is 10.3. The molecule has 1 saturated heterocycles. The Morgan fingerprint density at radius 1 is 1.07 bits per heavy atom. The Morgan fingerprint density at radius 2 is 1.71 bits per heavy atom. The molecule has 1 aromatic rings. The van der Waals surface area contributed by atoms with Gasteiger partial charge in [-0.1, -0.05) is 30.7 Å². The van der Waals surface area contributed by atoms with Crippen LogP contribution in [-0.2, 0) is 5.41 Å². The average molecular weight is 401 g/mol. The van der Waals surface area contributed by atoms with Crippen molar-refractivity contribution in [2.24, 2.45) is 17.3 Å². The van der Waals surface area contributed by atoms with Gasteiger partial charge in [-0.05, 0) is 118 Å². The van der Waals surface area contributed by atoms with Gasteiger partial charge in [0, 0.05) is 17.1 Å². The first-order valence-electron chi connectivity index (χ1n) is 11.7. The van der Waals surface area contributed by atoms with Crippen LogP contribution >= 0.6 is 11.6 Å². The van der Waals surface area contributed by atoms with Gasteiger partial charge in [0.1, 0.15) is 0 Å². The molecule has 0 radical (unpaired) electrons. The van der Waals surface area contributed by atoms with E-state index in [-0.39, 0.29) is 0 Å². The molecular weight excluding hydrogens is 364 g/mol. The molecule has 5 atom stereocenters. The monoisotopic (exact) mass is 400 g/mol. The molecule has 3 heteroatoms. The minimum Gasteiger partial charge on any atom is -0.311 e. The van der Waals surface area contributed by atoms with Gasteiger partial charge in [-0.3, -0.25) is 0 Å². The molecule has 5 fully saturated rings. The van der Waals surface area contributed by atoms with E-state index < -0.39 is 0 Å². The summed E-state index contributed by atoms with van der Waals surface area (Å²) in [5.41, 5.74) is 2.49. The van der Waals surface area contributed by atoms with Crippen LogP contribution < -0.4 is 5.32 Å². The number of halogens is 1. The van der Waals surface area contributed by atoms with Gasteiger partial charge in [-0.25, -0.2) is 0 Å². The summed E-state index contributed by atoms with van der Waals surface area (Å²) >= 11 is 6.21. The standard InChI is InChI=1S/C25H37ClN2/c1-3-28-10-8-23(9-11-28)27-18(2)24-13-19-12-20(14-24)16-25(15-19,17-24)21-4-6-22(26)7-5-21/h4-7,18-20,23,27H,3,8-17H2,1-2H3/t18-,19-,20+,24?,25?/m1/s1. The first kappa shape index (κ1) is 19.4. The second-order valence-electron chi connectivity index (χ2n) is 10.7. The van der Waals surface area contributed by atoms with E-state index in [0.717, 1.165) is 22.9 Å². The first-order chi connectivity index (χ1) is 13.5. The normalized spacial score (nSPS) is 39.4. The Balaban J connectivity index is 1.35. The number of hydrogen-bond donors (Lipinski definition) is 1. The van der Waals surface area contributed by atoms with Crippen LogP contribution in [0.5, 0.6) is 0 Å². The highest BCUT2D eigenvalue weighted by atomic mass is 35.5. The highest BCUT2D eigenvalue weighted by molar-refractivity contribution is 6.30. The number of likely N-dealkylation sites (tertiary alicyclic amines) is 1. The second kappa shape index (κ2) is 7.29. The van der Waals surface area contributed by atoms with Gasteiger partial charge in [-0.2, -0.15) is 0 Å². The average Bonchev–Trinajstić information content (AvgIpc) is 2.68. The van der Waals surface area contributed by atoms with Crippen molar-refractivity contribution in [1.29, 1.82) is 0 Å². The zero-order valence-corrected chi connectivity index (χ0v) is 18.5. The predicted molar refractivity (Wildman–Crippen MR) is 118 cm³/mol. The number of nitrogens with one attached hydrogen (secondary N) is 1. The van der Waals surface area contributed by atoms with Crippen LogP contribution in [-0.4, -0.2) is 36.6 Å². The van der Waals surface area contributed by atoms with E-state index in [2.05, 4.69) is 48.3 Å². The van der Waals surface area contributed by atoms with E-state index in [4.69, 9.17) is 11.6 Å². The Bertz CT molecular complexity index is 677. The second-order valence-corrected chi connectivity index (χ2v) is 11.1. The Hall–Kier alpha value is -0.570. The fraction of sp³-hybridized carbons (Fsp3) is 0.760. The number of hydrogen-bond acceptors (Lipinski definition) is 2. The van der Waals surface area contributed by atoms with Crippen molar-refractivity contribution >= 4 is 11.6 Å². The van der Waals surface area contributed by atoms with E-state index in [0.29, 0.717) is 16.9 Å². The minimum atomic E-state index is 0.413. The maximum atomic E-state index is 6.21. The minimum absolute atomic E-state index is 0.413. The fourth-order valence-electron chi connectivity index (χ4n) is 7.93. The van der Waals surface area contributed by atoms with Crippen LogP contribution in [0.1, 0.15) is 70.8 Å². The highest BCUT2D eigenvalue weighted by Gasteiger charge is 2.59. The predicted octanol–water partition coefficient (Wildman–Crippen LogP) is 5.64. The van der Waals surface area contributed by atoms with Crippen molar-refractivity contribution in [3.05, 3.63) is 34.9 Å². The lowest BCUT2D eigenvalue weighted by molar-refractivity contribution is -0.0903. The molecular formula is C25H37ClN2. The first-order valence-corrected chi connectivity index (χ1v) is 12.1. The SMILES string of the molecule is CCN1CCC(N[C@H](C)C23C[C@@H]4C[C@@H](CC(c5ccc(Cl)cc5)(C4)C2)C3)CC1. The van der Waals surface area contributed by atoms with E-state index in [9.17, 15) is 0 Å². The van der Waals surface area contributed by atoms with Gasteiger partial charge >= 0.3 is 0 Å². The molecule has 1 N–H and O–H groups in total. The zero-order chi connectivity index (χ0) is 19.4. The maximum absolute atomic E-state index is 6.21. The van der Waals surface area contributed by atoms with Crippen LogP contribution in [0, 0.1) is 17.3 Å². The molecule has 1 heterocycles. The largest absolute Gasteiger partial charge is 0.311 e. The molecule has 0 amide bonds. The van der Waals surface area contributed by atoms with E-state index >= 15 is 0 Å². The molecule has 28 heavy (non-hydrogen) atoms. The Kier molecular flexibility index (Phi) is 5.05.